The largest absolute Gasteiger partial charge is 1.00 e. The molecule has 0 aliphatic carbocycles. The highest BCUT2D eigenvalue weighted by Gasteiger charge is 2.07. The van der Waals surface area contributed by atoms with Crippen LogP contribution in [0.3, 0.4) is 0 Å². The second-order valence-electron chi connectivity index (χ2n) is 3.67. The fourth-order valence-electron chi connectivity index (χ4n) is 1.51. The molecule has 0 N–H and O–H groups in total. The molecule has 1 aromatic carbocycles. The van der Waals surface area contributed by atoms with Crippen molar-refractivity contribution in [3.8, 4) is 0 Å². The monoisotopic (exact) mass is 290 g/mol. The molecule has 0 saturated carbocycles. The zero-order chi connectivity index (χ0) is 12.7. The number of likely N-dealkylation sites (N-methyl/N-ethyl adjacent to an activating group) is 1. The summed E-state index contributed by atoms with van der Waals surface area (Å²) in [5, 5.41) is 0.545. The summed E-state index contributed by atoms with van der Waals surface area (Å²) in [4.78, 5) is 13.9. The SMILES string of the molecule is CCN(CC)CCOC(=O)c1cccc(Cl)c1.[Cl-]. The fraction of sp³-hybridized carbons (Fsp3) is 0.462. The third-order valence-corrected chi connectivity index (χ3v) is 2.83. The molecule has 0 aromatic heterocycles. The molecule has 0 aliphatic rings. The first kappa shape index (κ1) is 17.2. The fourth-order valence-corrected chi connectivity index (χ4v) is 1.70. The number of halogens is 2. The van der Waals surface area contributed by atoms with E-state index in [1.807, 2.05) is 0 Å². The lowest BCUT2D eigenvalue weighted by atomic mass is 10.2. The van der Waals surface area contributed by atoms with E-state index in [1.165, 1.54) is 0 Å². The molecule has 0 atom stereocenters. The second-order valence-corrected chi connectivity index (χ2v) is 4.11. The number of esters is 1. The Balaban J connectivity index is 0.00000289. The maximum absolute atomic E-state index is 11.7. The van der Waals surface area contributed by atoms with E-state index in [0.717, 1.165) is 19.6 Å². The number of rotatable bonds is 6. The van der Waals surface area contributed by atoms with E-state index in [2.05, 4.69) is 18.7 Å². The molecule has 1 rings (SSSR count). The minimum atomic E-state index is -0.320. The van der Waals surface area contributed by atoms with Crippen LogP contribution in [0.25, 0.3) is 0 Å². The molecular formula is C13H18Cl2NO2-. The first-order valence-electron chi connectivity index (χ1n) is 5.82. The summed E-state index contributed by atoms with van der Waals surface area (Å²) < 4.78 is 5.18. The lowest BCUT2D eigenvalue weighted by Crippen LogP contribution is -3.00. The third kappa shape index (κ3) is 5.71. The number of hydrogen-bond donors (Lipinski definition) is 0. The Hall–Kier alpha value is -0.770. The van der Waals surface area contributed by atoms with Gasteiger partial charge in [0.2, 0.25) is 0 Å². The first-order chi connectivity index (χ1) is 8.17. The van der Waals surface area contributed by atoms with Crippen LogP contribution in [0, 0.1) is 0 Å². The molecule has 0 amide bonds. The van der Waals surface area contributed by atoms with Gasteiger partial charge in [-0.2, -0.15) is 0 Å². The molecule has 0 heterocycles. The molecular weight excluding hydrogens is 273 g/mol. The molecule has 5 heteroatoms. The third-order valence-electron chi connectivity index (χ3n) is 2.60. The van der Waals surface area contributed by atoms with Gasteiger partial charge in [-0.05, 0) is 31.3 Å². The zero-order valence-corrected chi connectivity index (χ0v) is 12.2. The number of benzene rings is 1. The maximum Gasteiger partial charge on any atom is 0.338 e. The van der Waals surface area contributed by atoms with Crippen LogP contribution in [0.5, 0.6) is 0 Å². The van der Waals surface area contributed by atoms with Crippen molar-refractivity contribution < 1.29 is 21.9 Å². The van der Waals surface area contributed by atoms with Gasteiger partial charge in [0.1, 0.15) is 6.61 Å². The summed E-state index contributed by atoms with van der Waals surface area (Å²) in [5.74, 6) is -0.320. The summed E-state index contributed by atoms with van der Waals surface area (Å²) in [7, 11) is 0. The Labute approximate surface area is 119 Å². The van der Waals surface area contributed by atoms with Crippen molar-refractivity contribution in [3.05, 3.63) is 34.9 Å². The Bertz CT molecular complexity index is 368. The van der Waals surface area contributed by atoms with Gasteiger partial charge in [0.05, 0.1) is 5.56 Å². The number of carbonyl (C=O) groups excluding carboxylic acids is 1. The number of hydrogen-bond acceptors (Lipinski definition) is 3. The molecule has 0 spiro atoms. The maximum atomic E-state index is 11.7. The van der Waals surface area contributed by atoms with Crippen LogP contribution in [-0.2, 0) is 4.74 Å². The van der Waals surface area contributed by atoms with Gasteiger partial charge >= 0.3 is 5.97 Å². The normalized spacial score (nSPS) is 10.0. The van der Waals surface area contributed by atoms with Crippen LogP contribution < -0.4 is 12.4 Å². The molecule has 0 radical (unpaired) electrons. The van der Waals surface area contributed by atoms with Crippen molar-refractivity contribution in [1.82, 2.24) is 4.90 Å². The number of ether oxygens (including phenoxy) is 1. The van der Waals surface area contributed by atoms with Gasteiger partial charge < -0.3 is 22.0 Å². The molecule has 3 nitrogen and oxygen atoms in total. The van der Waals surface area contributed by atoms with Crippen LogP contribution in [0.2, 0.25) is 5.02 Å². The van der Waals surface area contributed by atoms with E-state index in [4.69, 9.17) is 16.3 Å². The molecule has 1 aromatic rings. The van der Waals surface area contributed by atoms with E-state index >= 15 is 0 Å². The van der Waals surface area contributed by atoms with Crippen LogP contribution >= 0.6 is 11.6 Å². The van der Waals surface area contributed by atoms with E-state index in [1.54, 1.807) is 24.3 Å². The average molecular weight is 291 g/mol. The van der Waals surface area contributed by atoms with E-state index in [0.29, 0.717) is 17.2 Å². The average Bonchev–Trinajstić information content (AvgIpc) is 2.34. The topological polar surface area (TPSA) is 29.5 Å². The summed E-state index contributed by atoms with van der Waals surface area (Å²) in [6.45, 7) is 7.27. The molecule has 18 heavy (non-hydrogen) atoms. The van der Waals surface area contributed by atoms with Crippen LogP contribution in [-0.4, -0.2) is 37.1 Å². The molecule has 0 fully saturated rings. The minimum Gasteiger partial charge on any atom is -1.00 e. The summed E-state index contributed by atoms with van der Waals surface area (Å²) in [6, 6.07) is 6.78. The van der Waals surface area contributed by atoms with Crippen LogP contribution in [0.1, 0.15) is 24.2 Å². The summed E-state index contributed by atoms with van der Waals surface area (Å²) in [5.41, 5.74) is 0.497. The minimum absolute atomic E-state index is 0. The predicted molar refractivity (Wildman–Crippen MR) is 69.5 cm³/mol. The van der Waals surface area contributed by atoms with E-state index < -0.39 is 0 Å². The quantitative estimate of drug-likeness (QED) is 0.682. The molecule has 0 bridgehead atoms. The Morgan fingerprint density at radius 3 is 2.56 bits per heavy atom. The Morgan fingerprint density at radius 1 is 1.33 bits per heavy atom. The lowest BCUT2D eigenvalue weighted by Gasteiger charge is -2.17. The number of carbonyl (C=O) groups is 1. The van der Waals surface area contributed by atoms with E-state index in [9.17, 15) is 4.79 Å². The van der Waals surface area contributed by atoms with Gasteiger partial charge in [0.15, 0.2) is 0 Å². The highest BCUT2D eigenvalue weighted by atomic mass is 35.5. The smallest absolute Gasteiger partial charge is 0.338 e. The van der Waals surface area contributed by atoms with Crippen molar-refractivity contribution in [2.45, 2.75) is 13.8 Å². The van der Waals surface area contributed by atoms with Gasteiger partial charge in [-0.1, -0.05) is 31.5 Å². The van der Waals surface area contributed by atoms with E-state index in [-0.39, 0.29) is 18.4 Å². The second kappa shape index (κ2) is 9.20. The number of nitrogens with zero attached hydrogens (tertiary/aromatic N) is 1. The summed E-state index contributed by atoms with van der Waals surface area (Å²) in [6.07, 6.45) is 0. The predicted octanol–water partition coefficient (Wildman–Crippen LogP) is -0.157. The van der Waals surface area contributed by atoms with Gasteiger partial charge in [-0.3, -0.25) is 0 Å². The first-order valence-corrected chi connectivity index (χ1v) is 6.20. The van der Waals surface area contributed by atoms with Crippen molar-refractivity contribution in [2.75, 3.05) is 26.2 Å². The molecule has 0 aliphatic heterocycles. The van der Waals surface area contributed by atoms with Gasteiger partial charge in [0, 0.05) is 11.6 Å². The van der Waals surface area contributed by atoms with Crippen molar-refractivity contribution in [1.29, 1.82) is 0 Å². The van der Waals surface area contributed by atoms with Crippen molar-refractivity contribution >= 4 is 17.6 Å². The van der Waals surface area contributed by atoms with Crippen molar-refractivity contribution in [2.24, 2.45) is 0 Å². The standard InChI is InChI=1S/C13H18ClNO2.ClH/c1-3-15(4-2)8-9-17-13(16)11-6-5-7-12(14)10-11;/h5-7,10H,3-4,8-9H2,1-2H3;1H/p-1. The Kier molecular flexibility index (Phi) is 8.81. The lowest BCUT2D eigenvalue weighted by molar-refractivity contribution is -0.0000223. The zero-order valence-electron chi connectivity index (χ0n) is 10.7. The Morgan fingerprint density at radius 2 is 2.00 bits per heavy atom. The van der Waals surface area contributed by atoms with Gasteiger partial charge in [-0.15, -0.1) is 0 Å². The van der Waals surface area contributed by atoms with Crippen LogP contribution in [0.4, 0.5) is 0 Å². The highest BCUT2D eigenvalue weighted by Crippen LogP contribution is 2.11. The van der Waals surface area contributed by atoms with Gasteiger partial charge in [0.25, 0.3) is 0 Å². The molecule has 0 saturated heterocycles. The molecule has 0 unspecified atom stereocenters. The van der Waals surface area contributed by atoms with Gasteiger partial charge in [-0.25, -0.2) is 4.79 Å². The highest BCUT2D eigenvalue weighted by molar-refractivity contribution is 6.30. The molecule has 102 valence electrons. The van der Waals surface area contributed by atoms with Crippen LogP contribution in [0.15, 0.2) is 24.3 Å². The van der Waals surface area contributed by atoms with Crippen molar-refractivity contribution in [3.63, 3.8) is 0 Å². The summed E-state index contributed by atoms with van der Waals surface area (Å²) >= 11 is 5.80.